The lowest BCUT2D eigenvalue weighted by atomic mass is 10.1. The standard InChI is InChI=1S/C13H12N2O2/c1-8(2)15-7-10(6-14)11-5-9(13(16)17)3-4-12(11)15/h3-5,7-8H,1-2H3,(H,16,17). The van der Waals surface area contributed by atoms with E-state index < -0.39 is 5.97 Å². The summed E-state index contributed by atoms with van der Waals surface area (Å²) >= 11 is 0. The number of carboxylic acid groups (broad SMARTS) is 1. The smallest absolute Gasteiger partial charge is 0.335 e. The van der Waals surface area contributed by atoms with Gasteiger partial charge in [0.25, 0.3) is 0 Å². The van der Waals surface area contributed by atoms with E-state index in [2.05, 4.69) is 6.07 Å². The molecule has 0 bridgehead atoms. The Morgan fingerprint density at radius 2 is 2.18 bits per heavy atom. The van der Waals surface area contributed by atoms with Crippen molar-refractivity contribution in [3.8, 4) is 6.07 Å². The summed E-state index contributed by atoms with van der Waals surface area (Å²) in [4.78, 5) is 10.9. The van der Waals surface area contributed by atoms with E-state index in [4.69, 9.17) is 10.4 Å². The van der Waals surface area contributed by atoms with Gasteiger partial charge in [-0.3, -0.25) is 0 Å². The molecule has 2 rings (SSSR count). The van der Waals surface area contributed by atoms with E-state index in [9.17, 15) is 4.79 Å². The average molecular weight is 228 g/mol. The molecule has 4 nitrogen and oxygen atoms in total. The number of aromatic carboxylic acids is 1. The summed E-state index contributed by atoms with van der Waals surface area (Å²) in [6, 6.07) is 7.19. The number of hydrogen-bond donors (Lipinski definition) is 1. The zero-order chi connectivity index (χ0) is 12.6. The summed E-state index contributed by atoms with van der Waals surface area (Å²) in [6.45, 7) is 4.04. The van der Waals surface area contributed by atoms with Gasteiger partial charge in [-0.1, -0.05) is 0 Å². The summed E-state index contributed by atoms with van der Waals surface area (Å²) in [5.41, 5.74) is 1.61. The molecule has 2 aromatic rings. The first-order valence-corrected chi connectivity index (χ1v) is 5.32. The number of hydrogen-bond acceptors (Lipinski definition) is 2. The van der Waals surface area contributed by atoms with Gasteiger partial charge < -0.3 is 9.67 Å². The highest BCUT2D eigenvalue weighted by atomic mass is 16.4. The predicted molar refractivity (Wildman–Crippen MR) is 64.0 cm³/mol. The first-order chi connectivity index (χ1) is 8.04. The third-order valence-electron chi connectivity index (χ3n) is 2.76. The molecular weight excluding hydrogens is 216 g/mol. The van der Waals surface area contributed by atoms with E-state index in [0.717, 1.165) is 5.52 Å². The molecule has 1 N–H and O–H groups in total. The van der Waals surface area contributed by atoms with E-state index >= 15 is 0 Å². The topological polar surface area (TPSA) is 66.0 Å². The number of fused-ring (bicyclic) bond motifs is 1. The van der Waals surface area contributed by atoms with Crippen molar-refractivity contribution in [3.63, 3.8) is 0 Å². The van der Waals surface area contributed by atoms with Crippen molar-refractivity contribution in [2.75, 3.05) is 0 Å². The number of benzene rings is 1. The third-order valence-corrected chi connectivity index (χ3v) is 2.76. The molecule has 0 aliphatic carbocycles. The third kappa shape index (κ3) is 1.76. The monoisotopic (exact) mass is 228 g/mol. The highest BCUT2D eigenvalue weighted by Crippen LogP contribution is 2.25. The van der Waals surface area contributed by atoms with E-state index in [1.807, 2.05) is 18.4 Å². The minimum Gasteiger partial charge on any atom is -0.478 e. The van der Waals surface area contributed by atoms with Crippen LogP contribution in [0.15, 0.2) is 24.4 Å². The quantitative estimate of drug-likeness (QED) is 0.859. The van der Waals surface area contributed by atoms with Gasteiger partial charge in [-0.2, -0.15) is 5.26 Å². The molecule has 0 amide bonds. The van der Waals surface area contributed by atoms with Gasteiger partial charge in [0.1, 0.15) is 6.07 Å². The van der Waals surface area contributed by atoms with Gasteiger partial charge in [0.05, 0.1) is 11.1 Å². The maximum absolute atomic E-state index is 10.9. The van der Waals surface area contributed by atoms with Crippen LogP contribution in [0.3, 0.4) is 0 Å². The molecule has 17 heavy (non-hydrogen) atoms. The van der Waals surface area contributed by atoms with Crippen LogP contribution in [-0.2, 0) is 0 Å². The number of carboxylic acids is 1. The normalized spacial score (nSPS) is 10.7. The second kappa shape index (κ2) is 3.95. The lowest BCUT2D eigenvalue weighted by Crippen LogP contribution is -1.99. The minimum atomic E-state index is -0.979. The van der Waals surface area contributed by atoms with Crippen molar-refractivity contribution in [1.29, 1.82) is 5.26 Å². The average Bonchev–Trinajstić information content (AvgIpc) is 2.66. The zero-order valence-electron chi connectivity index (χ0n) is 9.64. The van der Waals surface area contributed by atoms with Gasteiger partial charge >= 0.3 is 5.97 Å². The summed E-state index contributed by atoms with van der Waals surface area (Å²) in [7, 11) is 0. The van der Waals surface area contributed by atoms with Gasteiger partial charge in [-0.15, -0.1) is 0 Å². The van der Waals surface area contributed by atoms with Gasteiger partial charge in [0.2, 0.25) is 0 Å². The molecule has 0 saturated heterocycles. The van der Waals surface area contributed by atoms with Crippen molar-refractivity contribution in [1.82, 2.24) is 4.57 Å². The maximum atomic E-state index is 10.9. The number of aromatic nitrogens is 1. The molecule has 1 aromatic carbocycles. The fourth-order valence-corrected chi connectivity index (χ4v) is 1.90. The molecule has 1 aromatic heterocycles. The highest BCUT2D eigenvalue weighted by molar-refractivity contribution is 5.95. The molecule has 4 heteroatoms. The molecule has 1 heterocycles. The number of carbonyl (C=O) groups is 1. The Morgan fingerprint density at radius 1 is 1.47 bits per heavy atom. The Labute approximate surface area is 98.7 Å². The molecule has 0 radical (unpaired) electrons. The fourth-order valence-electron chi connectivity index (χ4n) is 1.90. The Kier molecular flexibility index (Phi) is 2.60. The van der Waals surface area contributed by atoms with E-state index in [1.165, 1.54) is 0 Å². The van der Waals surface area contributed by atoms with Crippen molar-refractivity contribution in [2.24, 2.45) is 0 Å². The summed E-state index contributed by atoms with van der Waals surface area (Å²) in [6.07, 6.45) is 1.76. The number of rotatable bonds is 2. The van der Waals surface area contributed by atoms with Crippen molar-refractivity contribution in [2.45, 2.75) is 19.9 Å². The Morgan fingerprint density at radius 3 is 2.71 bits per heavy atom. The van der Waals surface area contributed by atoms with E-state index in [1.54, 1.807) is 24.4 Å². The van der Waals surface area contributed by atoms with Crippen LogP contribution in [0.5, 0.6) is 0 Å². The molecule has 86 valence electrons. The lowest BCUT2D eigenvalue weighted by molar-refractivity contribution is 0.0697. The first-order valence-electron chi connectivity index (χ1n) is 5.32. The summed E-state index contributed by atoms with van der Waals surface area (Å²) in [5.74, 6) is -0.979. The van der Waals surface area contributed by atoms with Crippen molar-refractivity contribution >= 4 is 16.9 Å². The van der Waals surface area contributed by atoms with Crippen molar-refractivity contribution in [3.05, 3.63) is 35.5 Å². The lowest BCUT2D eigenvalue weighted by Gasteiger charge is -2.08. The Balaban J connectivity index is 2.78. The maximum Gasteiger partial charge on any atom is 0.335 e. The number of nitriles is 1. The van der Waals surface area contributed by atoms with Gasteiger partial charge in [0.15, 0.2) is 0 Å². The molecule has 0 spiro atoms. The molecule has 0 aliphatic rings. The fraction of sp³-hybridized carbons (Fsp3) is 0.231. The van der Waals surface area contributed by atoms with Gasteiger partial charge in [0, 0.05) is 23.1 Å². The van der Waals surface area contributed by atoms with Gasteiger partial charge in [-0.05, 0) is 32.0 Å². The summed E-state index contributed by atoms with van der Waals surface area (Å²) in [5, 5.41) is 18.7. The van der Waals surface area contributed by atoms with Crippen LogP contribution >= 0.6 is 0 Å². The first kappa shape index (κ1) is 11.2. The highest BCUT2D eigenvalue weighted by Gasteiger charge is 2.12. The molecule has 0 atom stereocenters. The molecule has 0 aliphatic heterocycles. The zero-order valence-corrected chi connectivity index (χ0v) is 9.64. The molecular formula is C13H12N2O2. The van der Waals surface area contributed by atoms with Crippen molar-refractivity contribution < 1.29 is 9.90 Å². The second-order valence-corrected chi connectivity index (χ2v) is 4.19. The van der Waals surface area contributed by atoms with Crippen LogP contribution in [0.4, 0.5) is 0 Å². The predicted octanol–water partition coefficient (Wildman–Crippen LogP) is 2.79. The van der Waals surface area contributed by atoms with Crippen LogP contribution in [0, 0.1) is 11.3 Å². The minimum absolute atomic E-state index is 0.204. The SMILES string of the molecule is CC(C)n1cc(C#N)c2cc(C(=O)O)ccc21. The van der Waals surface area contributed by atoms with Crippen LogP contribution in [-0.4, -0.2) is 15.6 Å². The van der Waals surface area contributed by atoms with E-state index in [0.29, 0.717) is 10.9 Å². The summed E-state index contributed by atoms with van der Waals surface area (Å²) < 4.78 is 1.97. The molecule has 0 unspecified atom stereocenters. The molecule has 0 saturated carbocycles. The van der Waals surface area contributed by atoms with Crippen LogP contribution in [0.2, 0.25) is 0 Å². The van der Waals surface area contributed by atoms with E-state index in [-0.39, 0.29) is 11.6 Å². The Hall–Kier alpha value is -2.28. The van der Waals surface area contributed by atoms with Crippen LogP contribution < -0.4 is 0 Å². The number of nitrogens with zero attached hydrogens (tertiary/aromatic N) is 2. The molecule has 0 fully saturated rings. The largest absolute Gasteiger partial charge is 0.478 e. The Bertz CT molecular complexity index is 633. The van der Waals surface area contributed by atoms with Gasteiger partial charge in [-0.25, -0.2) is 4.79 Å². The van der Waals surface area contributed by atoms with Crippen LogP contribution in [0.1, 0.15) is 35.8 Å². The van der Waals surface area contributed by atoms with Crippen LogP contribution in [0.25, 0.3) is 10.9 Å². The second-order valence-electron chi connectivity index (χ2n) is 4.19.